The van der Waals surface area contributed by atoms with Gasteiger partial charge < -0.3 is 14.8 Å². The van der Waals surface area contributed by atoms with Crippen LogP contribution in [0.2, 0.25) is 0 Å². The van der Waals surface area contributed by atoms with E-state index in [1.165, 1.54) is 16.9 Å². The summed E-state index contributed by atoms with van der Waals surface area (Å²) in [4.78, 5) is 19.4. The molecule has 3 rings (SSSR count). The molecule has 0 saturated carbocycles. The van der Waals surface area contributed by atoms with Gasteiger partial charge in [-0.15, -0.1) is 11.3 Å². The minimum atomic E-state index is -0.141. The van der Waals surface area contributed by atoms with Gasteiger partial charge in [0.25, 0.3) is 5.91 Å². The van der Waals surface area contributed by atoms with E-state index < -0.39 is 0 Å². The molecule has 0 radical (unpaired) electrons. The quantitative estimate of drug-likeness (QED) is 0.475. The Morgan fingerprint density at radius 2 is 1.90 bits per heavy atom. The van der Waals surface area contributed by atoms with Crippen LogP contribution in [0.25, 0.3) is 0 Å². The molecule has 0 fully saturated rings. The Balaban J connectivity index is 1.68. The Bertz CT molecular complexity index is 944. The Morgan fingerprint density at radius 3 is 2.55 bits per heavy atom. The second kappa shape index (κ2) is 11.5. The van der Waals surface area contributed by atoms with E-state index >= 15 is 0 Å². The minimum absolute atomic E-state index is 0.114. The first-order valence-electron chi connectivity index (χ1n) is 10.4. The van der Waals surface area contributed by atoms with Crippen LogP contribution < -0.4 is 14.8 Å². The molecule has 1 N–H and O–H groups in total. The minimum Gasteiger partial charge on any atom is -0.493 e. The lowest BCUT2D eigenvalue weighted by Gasteiger charge is -2.30. The second-order valence-electron chi connectivity index (χ2n) is 6.99. The molecule has 0 saturated heterocycles. The number of rotatable bonds is 11. The first-order chi connectivity index (χ1) is 15.2. The van der Waals surface area contributed by atoms with Crippen LogP contribution in [-0.4, -0.2) is 42.5 Å². The monoisotopic (exact) mass is 439 g/mol. The molecule has 31 heavy (non-hydrogen) atoms. The van der Waals surface area contributed by atoms with Gasteiger partial charge in [-0.05, 0) is 36.9 Å². The van der Waals surface area contributed by atoms with Crippen LogP contribution in [0.4, 0.5) is 0 Å². The van der Waals surface area contributed by atoms with Gasteiger partial charge in [-0.1, -0.05) is 44.2 Å². The summed E-state index contributed by atoms with van der Waals surface area (Å²) < 4.78 is 11.2. The largest absolute Gasteiger partial charge is 0.493 e. The molecule has 1 unspecified atom stereocenters. The van der Waals surface area contributed by atoms with Gasteiger partial charge in [-0.3, -0.25) is 9.69 Å². The number of likely N-dealkylation sites (N-methyl/N-ethyl adjacent to an activating group) is 1. The number of carbonyl (C=O) groups is 1. The number of methoxy groups -OCH3 is 1. The number of thiazole rings is 1. The lowest BCUT2D eigenvalue weighted by Crippen LogP contribution is -2.38. The predicted octanol–water partition coefficient (Wildman–Crippen LogP) is 4.54. The molecule has 0 aliphatic carbocycles. The molecule has 1 amide bonds. The van der Waals surface area contributed by atoms with Crippen LogP contribution in [-0.2, 0) is 6.61 Å². The summed E-state index contributed by atoms with van der Waals surface area (Å²) in [7, 11) is 1.57. The zero-order chi connectivity index (χ0) is 22.1. The van der Waals surface area contributed by atoms with Gasteiger partial charge in [0.15, 0.2) is 11.5 Å². The van der Waals surface area contributed by atoms with Crippen molar-refractivity contribution in [2.45, 2.75) is 26.5 Å². The fourth-order valence-corrected chi connectivity index (χ4v) is 4.02. The van der Waals surface area contributed by atoms with Crippen LogP contribution >= 0.6 is 11.3 Å². The molecule has 1 heterocycles. The number of hydrogen-bond acceptors (Lipinski definition) is 6. The summed E-state index contributed by atoms with van der Waals surface area (Å²) in [6, 6.07) is 15.6. The highest BCUT2D eigenvalue weighted by atomic mass is 32.1. The molecule has 6 nitrogen and oxygen atoms in total. The van der Waals surface area contributed by atoms with E-state index in [0.717, 1.165) is 18.8 Å². The van der Waals surface area contributed by atoms with Crippen molar-refractivity contribution >= 4 is 17.2 Å². The van der Waals surface area contributed by atoms with E-state index in [1.54, 1.807) is 30.8 Å². The highest BCUT2D eigenvalue weighted by Crippen LogP contribution is 2.29. The Kier molecular flexibility index (Phi) is 8.44. The van der Waals surface area contributed by atoms with Gasteiger partial charge in [-0.2, -0.15) is 0 Å². The summed E-state index contributed by atoms with van der Waals surface area (Å²) in [5.74, 6) is 0.959. The van der Waals surface area contributed by atoms with Crippen LogP contribution in [0.3, 0.4) is 0 Å². The standard InChI is InChI=1S/C24H29N3O3S/c1-4-27(5-2)21(18-9-7-6-8-10-18)14-25-24(28)19-11-12-22(23(13-19)29-3)30-15-20-16-31-17-26-20/h6-13,16-17,21H,4-5,14-15H2,1-3H3,(H,25,28). The molecule has 1 aromatic heterocycles. The van der Waals surface area contributed by atoms with E-state index in [1.807, 2.05) is 23.6 Å². The highest BCUT2D eigenvalue weighted by Gasteiger charge is 2.19. The summed E-state index contributed by atoms with van der Waals surface area (Å²) in [5, 5.41) is 5.02. The third-order valence-electron chi connectivity index (χ3n) is 5.18. The van der Waals surface area contributed by atoms with E-state index in [2.05, 4.69) is 41.2 Å². The number of amides is 1. The van der Waals surface area contributed by atoms with Gasteiger partial charge in [0.05, 0.1) is 24.4 Å². The molecular formula is C24H29N3O3S. The van der Waals surface area contributed by atoms with Gasteiger partial charge in [0.1, 0.15) is 6.61 Å². The normalized spacial score (nSPS) is 11.9. The third kappa shape index (κ3) is 6.06. The SMILES string of the molecule is CCN(CC)C(CNC(=O)c1ccc(OCc2cscn2)c(OC)c1)c1ccccc1. The molecule has 0 bridgehead atoms. The molecular weight excluding hydrogens is 410 g/mol. The Hall–Kier alpha value is -2.90. The van der Waals surface area contributed by atoms with Gasteiger partial charge >= 0.3 is 0 Å². The zero-order valence-electron chi connectivity index (χ0n) is 18.2. The molecule has 0 aliphatic rings. The molecule has 1 atom stereocenters. The maximum Gasteiger partial charge on any atom is 0.251 e. The number of nitrogens with one attached hydrogen (secondary N) is 1. The first-order valence-corrected chi connectivity index (χ1v) is 11.4. The number of ether oxygens (including phenoxy) is 2. The summed E-state index contributed by atoms with van der Waals surface area (Å²) in [6.07, 6.45) is 0. The molecule has 0 aliphatic heterocycles. The highest BCUT2D eigenvalue weighted by molar-refractivity contribution is 7.07. The number of hydrogen-bond donors (Lipinski definition) is 1. The Morgan fingerprint density at radius 1 is 1.13 bits per heavy atom. The molecule has 0 spiro atoms. The van der Waals surface area contributed by atoms with E-state index in [0.29, 0.717) is 30.2 Å². The molecule has 2 aromatic carbocycles. The molecule has 3 aromatic rings. The van der Waals surface area contributed by atoms with Crippen molar-refractivity contribution in [1.82, 2.24) is 15.2 Å². The number of carbonyl (C=O) groups excluding carboxylic acids is 1. The lowest BCUT2D eigenvalue weighted by atomic mass is 10.0. The lowest BCUT2D eigenvalue weighted by molar-refractivity contribution is 0.0934. The average molecular weight is 440 g/mol. The first kappa shape index (κ1) is 22.8. The van der Waals surface area contributed by atoms with E-state index in [4.69, 9.17) is 9.47 Å². The van der Waals surface area contributed by atoms with Gasteiger partial charge in [0, 0.05) is 17.5 Å². The van der Waals surface area contributed by atoms with Gasteiger partial charge in [-0.25, -0.2) is 4.98 Å². The smallest absolute Gasteiger partial charge is 0.251 e. The number of nitrogens with zero attached hydrogens (tertiary/aromatic N) is 2. The average Bonchev–Trinajstić information content (AvgIpc) is 3.34. The fourth-order valence-electron chi connectivity index (χ4n) is 3.48. The van der Waals surface area contributed by atoms with Crippen LogP contribution in [0.15, 0.2) is 59.4 Å². The summed E-state index contributed by atoms with van der Waals surface area (Å²) in [5.41, 5.74) is 4.35. The summed E-state index contributed by atoms with van der Waals surface area (Å²) >= 11 is 1.52. The van der Waals surface area contributed by atoms with Crippen molar-refractivity contribution < 1.29 is 14.3 Å². The predicted molar refractivity (Wildman–Crippen MR) is 124 cm³/mol. The summed E-state index contributed by atoms with van der Waals surface area (Å²) in [6.45, 7) is 6.96. The number of aromatic nitrogens is 1. The van der Waals surface area contributed by atoms with Crippen LogP contribution in [0, 0.1) is 0 Å². The van der Waals surface area contributed by atoms with E-state index in [-0.39, 0.29) is 11.9 Å². The molecule has 7 heteroatoms. The molecule has 164 valence electrons. The zero-order valence-corrected chi connectivity index (χ0v) is 19.0. The maximum absolute atomic E-state index is 12.9. The van der Waals surface area contributed by atoms with Crippen molar-refractivity contribution in [2.24, 2.45) is 0 Å². The van der Waals surface area contributed by atoms with Crippen molar-refractivity contribution in [3.05, 3.63) is 76.2 Å². The van der Waals surface area contributed by atoms with Crippen molar-refractivity contribution in [3.8, 4) is 11.5 Å². The third-order valence-corrected chi connectivity index (χ3v) is 5.81. The van der Waals surface area contributed by atoms with Gasteiger partial charge in [0.2, 0.25) is 0 Å². The topological polar surface area (TPSA) is 63.7 Å². The second-order valence-corrected chi connectivity index (χ2v) is 7.71. The fraction of sp³-hybridized carbons (Fsp3) is 0.333. The van der Waals surface area contributed by atoms with E-state index in [9.17, 15) is 4.79 Å². The van der Waals surface area contributed by atoms with Crippen LogP contribution in [0.5, 0.6) is 11.5 Å². The van der Waals surface area contributed by atoms with Crippen molar-refractivity contribution in [2.75, 3.05) is 26.7 Å². The maximum atomic E-state index is 12.9. The Labute approximate surface area is 187 Å². The number of benzene rings is 2. The van der Waals surface area contributed by atoms with Crippen LogP contribution in [0.1, 0.15) is 41.5 Å². The van der Waals surface area contributed by atoms with Crippen molar-refractivity contribution in [1.29, 1.82) is 0 Å². The van der Waals surface area contributed by atoms with Crippen molar-refractivity contribution in [3.63, 3.8) is 0 Å².